The number of anilines is 1. The van der Waals surface area contributed by atoms with Gasteiger partial charge in [-0.25, -0.2) is 4.98 Å². The number of aromatic nitrogens is 1. The Morgan fingerprint density at radius 1 is 1.35 bits per heavy atom. The lowest BCUT2D eigenvalue weighted by Gasteiger charge is -2.26. The zero-order valence-corrected chi connectivity index (χ0v) is 11.6. The average molecular weight is 294 g/mol. The maximum atomic E-state index is 5.71. The zero-order valence-electron chi connectivity index (χ0n) is 10.0. The molecule has 1 heterocycles. The van der Waals surface area contributed by atoms with E-state index in [0.29, 0.717) is 6.54 Å². The highest BCUT2D eigenvalue weighted by atomic mass is 79.9. The standard InChI is InChI=1S/C13H16BrN3/c1-9(8-15)17(2)13-11-4-3-5-12(14)10(11)6-7-16-13/h3-7,9H,8,15H2,1-2H3. The van der Waals surface area contributed by atoms with Gasteiger partial charge in [0.05, 0.1) is 0 Å². The number of likely N-dealkylation sites (N-methyl/N-ethyl adjacent to an activating group) is 1. The largest absolute Gasteiger partial charge is 0.355 e. The third-order valence-corrected chi connectivity index (χ3v) is 3.76. The monoisotopic (exact) mass is 293 g/mol. The van der Waals surface area contributed by atoms with Crippen molar-refractivity contribution in [3.05, 3.63) is 34.9 Å². The Balaban J connectivity index is 2.58. The molecule has 1 aromatic heterocycles. The van der Waals surface area contributed by atoms with Gasteiger partial charge < -0.3 is 10.6 Å². The lowest BCUT2D eigenvalue weighted by atomic mass is 10.1. The Labute approximate surface area is 110 Å². The second-order valence-corrected chi connectivity index (χ2v) is 5.02. The van der Waals surface area contributed by atoms with E-state index in [1.807, 2.05) is 31.4 Å². The van der Waals surface area contributed by atoms with E-state index in [2.05, 4.69) is 38.8 Å². The number of benzene rings is 1. The Bertz CT molecular complexity index is 527. The number of fused-ring (bicyclic) bond motifs is 1. The van der Waals surface area contributed by atoms with Crippen molar-refractivity contribution in [2.24, 2.45) is 5.73 Å². The zero-order chi connectivity index (χ0) is 12.4. The molecule has 3 nitrogen and oxygen atoms in total. The molecule has 1 aromatic carbocycles. The molecule has 0 aliphatic heterocycles. The molecule has 0 radical (unpaired) electrons. The van der Waals surface area contributed by atoms with Crippen LogP contribution in [0.2, 0.25) is 0 Å². The summed E-state index contributed by atoms with van der Waals surface area (Å²) in [7, 11) is 2.03. The molecule has 4 heteroatoms. The van der Waals surface area contributed by atoms with Gasteiger partial charge in [0.2, 0.25) is 0 Å². The first-order valence-corrected chi connectivity index (χ1v) is 6.40. The van der Waals surface area contributed by atoms with Crippen molar-refractivity contribution in [2.45, 2.75) is 13.0 Å². The van der Waals surface area contributed by atoms with E-state index in [1.165, 1.54) is 5.39 Å². The molecular formula is C13H16BrN3. The molecule has 0 aliphatic carbocycles. The van der Waals surface area contributed by atoms with Gasteiger partial charge in [0, 0.05) is 41.1 Å². The second kappa shape index (κ2) is 5.02. The Kier molecular flexibility index (Phi) is 3.64. The molecule has 90 valence electrons. The molecule has 1 atom stereocenters. The topological polar surface area (TPSA) is 42.1 Å². The Morgan fingerprint density at radius 3 is 2.82 bits per heavy atom. The predicted octanol–water partition coefficient (Wildman–Crippen LogP) is 2.78. The summed E-state index contributed by atoms with van der Waals surface area (Å²) in [4.78, 5) is 6.59. The number of nitrogens with two attached hydrogens (primary N) is 1. The van der Waals surface area contributed by atoms with Crippen LogP contribution in [0, 0.1) is 0 Å². The first kappa shape index (κ1) is 12.3. The molecule has 17 heavy (non-hydrogen) atoms. The average Bonchev–Trinajstić information content (AvgIpc) is 2.37. The van der Waals surface area contributed by atoms with Crippen molar-refractivity contribution >= 4 is 32.5 Å². The van der Waals surface area contributed by atoms with E-state index in [1.54, 1.807) is 0 Å². The molecule has 2 N–H and O–H groups in total. The number of halogens is 1. The number of hydrogen-bond acceptors (Lipinski definition) is 3. The van der Waals surface area contributed by atoms with Gasteiger partial charge in [-0.1, -0.05) is 28.1 Å². The Morgan fingerprint density at radius 2 is 2.12 bits per heavy atom. The number of rotatable bonds is 3. The van der Waals surface area contributed by atoms with E-state index in [0.717, 1.165) is 15.7 Å². The third-order valence-electron chi connectivity index (χ3n) is 3.07. The van der Waals surface area contributed by atoms with Crippen LogP contribution < -0.4 is 10.6 Å². The fraction of sp³-hybridized carbons (Fsp3) is 0.308. The molecule has 0 aliphatic rings. The molecule has 2 rings (SSSR count). The van der Waals surface area contributed by atoms with Gasteiger partial charge >= 0.3 is 0 Å². The van der Waals surface area contributed by atoms with Gasteiger partial charge in [-0.05, 0) is 19.1 Å². The second-order valence-electron chi connectivity index (χ2n) is 4.17. The van der Waals surface area contributed by atoms with Crippen molar-refractivity contribution in [3.63, 3.8) is 0 Å². The van der Waals surface area contributed by atoms with E-state index in [9.17, 15) is 0 Å². The van der Waals surface area contributed by atoms with Crippen LogP contribution >= 0.6 is 15.9 Å². The summed E-state index contributed by atoms with van der Waals surface area (Å²) in [6.07, 6.45) is 1.84. The van der Waals surface area contributed by atoms with Gasteiger partial charge in [-0.3, -0.25) is 0 Å². The van der Waals surface area contributed by atoms with Crippen molar-refractivity contribution in [2.75, 3.05) is 18.5 Å². The van der Waals surface area contributed by atoms with Crippen molar-refractivity contribution in [1.29, 1.82) is 0 Å². The van der Waals surface area contributed by atoms with E-state index in [4.69, 9.17) is 5.73 Å². The molecule has 1 unspecified atom stereocenters. The summed E-state index contributed by atoms with van der Waals surface area (Å²) in [6.45, 7) is 2.71. The molecule has 0 bridgehead atoms. The van der Waals surface area contributed by atoms with Crippen LogP contribution in [0.3, 0.4) is 0 Å². The molecule has 0 spiro atoms. The van der Waals surface area contributed by atoms with Crippen LogP contribution in [-0.4, -0.2) is 24.6 Å². The van der Waals surface area contributed by atoms with Crippen LogP contribution in [0.5, 0.6) is 0 Å². The Hall–Kier alpha value is -1.13. The van der Waals surface area contributed by atoms with Gasteiger partial charge in [-0.15, -0.1) is 0 Å². The highest BCUT2D eigenvalue weighted by molar-refractivity contribution is 9.10. The smallest absolute Gasteiger partial charge is 0.136 e. The summed E-state index contributed by atoms with van der Waals surface area (Å²) in [6, 6.07) is 8.44. The first-order valence-electron chi connectivity index (χ1n) is 5.61. The van der Waals surface area contributed by atoms with Crippen molar-refractivity contribution in [3.8, 4) is 0 Å². The third kappa shape index (κ3) is 2.28. The highest BCUT2D eigenvalue weighted by Crippen LogP contribution is 2.29. The summed E-state index contributed by atoms with van der Waals surface area (Å²) in [5, 5.41) is 2.32. The first-order chi connectivity index (χ1) is 8.15. The van der Waals surface area contributed by atoms with Gasteiger partial charge in [0.25, 0.3) is 0 Å². The van der Waals surface area contributed by atoms with Gasteiger partial charge in [0.15, 0.2) is 0 Å². The van der Waals surface area contributed by atoms with Crippen LogP contribution in [0.4, 0.5) is 5.82 Å². The van der Waals surface area contributed by atoms with E-state index >= 15 is 0 Å². The van der Waals surface area contributed by atoms with Crippen LogP contribution in [0.15, 0.2) is 34.9 Å². The molecular weight excluding hydrogens is 278 g/mol. The SMILES string of the molecule is CC(CN)N(C)c1nccc2c(Br)cccc12. The van der Waals surface area contributed by atoms with Crippen LogP contribution in [-0.2, 0) is 0 Å². The van der Waals surface area contributed by atoms with E-state index < -0.39 is 0 Å². The van der Waals surface area contributed by atoms with E-state index in [-0.39, 0.29) is 6.04 Å². The number of hydrogen-bond donors (Lipinski definition) is 1. The number of nitrogens with zero attached hydrogens (tertiary/aromatic N) is 2. The lowest BCUT2D eigenvalue weighted by molar-refractivity contribution is 0.690. The highest BCUT2D eigenvalue weighted by Gasteiger charge is 2.13. The molecule has 0 saturated heterocycles. The minimum atomic E-state index is 0.270. The normalized spacial score (nSPS) is 12.7. The quantitative estimate of drug-likeness (QED) is 0.946. The van der Waals surface area contributed by atoms with Gasteiger partial charge in [-0.2, -0.15) is 0 Å². The van der Waals surface area contributed by atoms with Crippen LogP contribution in [0.25, 0.3) is 10.8 Å². The maximum absolute atomic E-state index is 5.71. The summed E-state index contributed by atoms with van der Waals surface area (Å²) in [5.74, 6) is 0.974. The summed E-state index contributed by atoms with van der Waals surface area (Å²) >= 11 is 3.56. The van der Waals surface area contributed by atoms with Gasteiger partial charge in [0.1, 0.15) is 5.82 Å². The van der Waals surface area contributed by atoms with Crippen molar-refractivity contribution in [1.82, 2.24) is 4.98 Å². The molecule has 0 amide bonds. The number of pyridine rings is 1. The maximum Gasteiger partial charge on any atom is 0.136 e. The predicted molar refractivity (Wildman–Crippen MR) is 76.4 cm³/mol. The summed E-state index contributed by atoms with van der Waals surface area (Å²) < 4.78 is 1.09. The fourth-order valence-electron chi connectivity index (χ4n) is 1.80. The fourth-order valence-corrected chi connectivity index (χ4v) is 2.30. The summed E-state index contributed by atoms with van der Waals surface area (Å²) in [5.41, 5.74) is 5.71. The minimum absolute atomic E-state index is 0.270. The molecule has 2 aromatic rings. The van der Waals surface area contributed by atoms with Crippen LogP contribution in [0.1, 0.15) is 6.92 Å². The molecule has 0 saturated carbocycles. The minimum Gasteiger partial charge on any atom is -0.355 e. The van der Waals surface area contributed by atoms with Crippen molar-refractivity contribution < 1.29 is 0 Å². The molecule has 0 fully saturated rings. The lowest BCUT2D eigenvalue weighted by Crippen LogP contribution is -2.35.